The van der Waals surface area contributed by atoms with Crippen molar-refractivity contribution in [2.45, 2.75) is 4.90 Å². The first-order valence-electron chi connectivity index (χ1n) is 4.15. The van der Waals surface area contributed by atoms with Crippen molar-refractivity contribution in [3.8, 4) is 5.75 Å². The van der Waals surface area contributed by atoms with Crippen LogP contribution in [0.1, 0.15) is 0 Å². The summed E-state index contributed by atoms with van der Waals surface area (Å²) < 4.78 is 28.1. The molecule has 0 spiro atoms. The number of nitrogens with zero attached hydrogens (tertiary/aromatic N) is 1. The van der Waals surface area contributed by atoms with Crippen LogP contribution in [0.15, 0.2) is 23.1 Å². The number of hydrogen-bond donors (Lipinski definition) is 0. The number of ether oxygens (including phenoxy) is 1. The van der Waals surface area contributed by atoms with Gasteiger partial charge in [0.05, 0.1) is 10.7 Å². The Labute approximate surface area is 85.5 Å². The third-order valence-electron chi connectivity index (χ3n) is 2.09. The molecule has 15 heavy (non-hydrogen) atoms. The lowest BCUT2D eigenvalue weighted by Gasteiger charge is -2.16. The molecule has 1 aliphatic rings. The lowest BCUT2D eigenvalue weighted by molar-refractivity contribution is -0.386. The summed E-state index contributed by atoms with van der Waals surface area (Å²) in [6, 6.07) is 3.87. The molecule has 2 rings (SSSR count). The molecule has 0 aliphatic carbocycles. The molecule has 6 nitrogen and oxygen atoms in total. The summed E-state index contributed by atoms with van der Waals surface area (Å²) in [4.78, 5) is 9.87. The third-order valence-corrected chi connectivity index (χ3v) is 3.78. The molecule has 0 saturated carbocycles. The van der Waals surface area contributed by atoms with E-state index in [2.05, 4.69) is 0 Å². The zero-order chi connectivity index (χ0) is 11.1. The average molecular weight is 229 g/mol. The molecule has 0 aromatic heterocycles. The molecular weight excluding hydrogens is 222 g/mol. The number of para-hydroxylation sites is 1. The van der Waals surface area contributed by atoms with Crippen molar-refractivity contribution >= 4 is 15.5 Å². The van der Waals surface area contributed by atoms with E-state index in [0.29, 0.717) is 0 Å². The van der Waals surface area contributed by atoms with Gasteiger partial charge in [-0.1, -0.05) is 6.07 Å². The van der Waals surface area contributed by atoms with Crippen LogP contribution in [0, 0.1) is 10.1 Å². The summed E-state index contributed by atoms with van der Waals surface area (Å²) in [6.07, 6.45) is 0. The summed E-state index contributed by atoms with van der Waals surface area (Å²) in [5.41, 5.74) is -0.309. The zero-order valence-corrected chi connectivity index (χ0v) is 8.36. The summed E-state index contributed by atoms with van der Waals surface area (Å²) in [7, 11) is -3.43. The van der Waals surface area contributed by atoms with Gasteiger partial charge in [-0.05, 0) is 6.07 Å². The Balaban J connectivity index is 2.72. The molecule has 7 heteroatoms. The van der Waals surface area contributed by atoms with Gasteiger partial charge in [-0.25, -0.2) is 8.42 Å². The second-order valence-electron chi connectivity index (χ2n) is 3.03. The second-order valence-corrected chi connectivity index (χ2v) is 5.11. The van der Waals surface area contributed by atoms with Gasteiger partial charge in [-0.15, -0.1) is 0 Å². The van der Waals surface area contributed by atoms with Gasteiger partial charge < -0.3 is 4.74 Å². The quantitative estimate of drug-likeness (QED) is 0.524. The molecule has 1 aromatic rings. The maximum Gasteiger partial charge on any atom is 0.312 e. The predicted molar refractivity (Wildman–Crippen MR) is 50.6 cm³/mol. The number of rotatable bonds is 1. The first-order valence-corrected chi connectivity index (χ1v) is 5.80. The molecule has 0 bridgehead atoms. The Morgan fingerprint density at radius 3 is 2.80 bits per heavy atom. The minimum atomic E-state index is -3.43. The highest BCUT2D eigenvalue weighted by Crippen LogP contribution is 2.36. The van der Waals surface area contributed by atoms with E-state index >= 15 is 0 Å². The van der Waals surface area contributed by atoms with E-state index in [1.165, 1.54) is 18.2 Å². The number of fused-ring (bicyclic) bond motifs is 1. The van der Waals surface area contributed by atoms with Crippen LogP contribution in [0.3, 0.4) is 0 Å². The largest absolute Gasteiger partial charge is 0.485 e. The molecule has 1 aliphatic heterocycles. The van der Waals surface area contributed by atoms with Gasteiger partial charge in [0, 0.05) is 6.07 Å². The zero-order valence-electron chi connectivity index (χ0n) is 7.54. The average Bonchev–Trinajstić information content (AvgIpc) is 2.16. The molecule has 0 amide bonds. The minimum absolute atomic E-state index is 0.0415. The van der Waals surface area contributed by atoms with Gasteiger partial charge in [-0.2, -0.15) is 0 Å². The lowest BCUT2D eigenvalue weighted by Crippen LogP contribution is -2.21. The number of benzene rings is 1. The predicted octanol–water partition coefficient (Wildman–Crippen LogP) is 0.761. The highest BCUT2D eigenvalue weighted by Gasteiger charge is 2.30. The third kappa shape index (κ3) is 1.54. The van der Waals surface area contributed by atoms with E-state index in [9.17, 15) is 18.5 Å². The first kappa shape index (κ1) is 9.91. The fraction of sp³-hybridized carbons (Fsp3) is 0.250. The lowest BCUT2D eigenvalue weighted by atomic mass is 10.3. The van der Waals surface area contributed by atoms with Gasteiger partial charge in [0.2, 0.25) is 5.75 Å². The molecule has 1 aromatic carbocycles. The minimum Gasteiger partial charge on any atom is -0.485 e. The summed E-state index contributed by atoms with van der Waals surface area (Å²) in [5.74, 6) is -0.282. The first-order chi connectivity index (χ1) is 7.02. The van der Waals surface area contributed by atoms with Crippen molar-refractivity contribution in [2.24, 2.45) is 0 Å². The smallest absolute Gasteiger partial charge is 0.312 e. The SMILES string of the molecule is O=[N+]([O-])c1cccc2c1OCCS2(=O)=O. The summed E-state index contributed by atoms with van der Waals surface area (Å²) in [6.45, 7) is -0.0415. The van der Waals surface area contributed by atoms with Gasteiger partial charge in [0.15, 0.2) is 9.84 Å². The van der Waals surface area contributed by atoms with E-state index in [0.717, 1.165) is 0 Å². The van der Waals surface area contributed by atoms with E-state index in [1.807, 2.05) is 0 Å². The molecule has 0 atom stereocenters. The van der Waals surface area contributed by atoms with Crippen LogP contribution >= 0.6 is 0 Å². The van der Waals surface area contributed by atoms with Crippen LogP contribution in [0.25, 0.3) is 0 Å². The topological polar surface area (TPSA) is 86.5 Å². The van der Waals surface area contributed by atoms with Crippen LogP contribution in [-0.2, 0) is 9.84 Å². The number of sulfone groups is 1. The van der Waals surface area contributed by atoms with E-state index in [1.54, 1.807) is 0 Å². The Bertz CT molecular complexity index is 522. The Kier molecular flexibility index (Phi) is 2.11. The van der Waals surface area contributed by atoms with E-state index < -0.39 is 14.8 Å². The van der Waals surface area contributed by atoms with Crippen molar-refractivity contribution in [3.05, 3.63) is 28.3 Å². The number of nitro benzene ring substituents is 1. The fourth-order valence-corrected chi connectivity index (χ4v) is 2.66. The van der Waals surface area contributed by atoms with Gasteiger partial charge in [0.25, 0.3) is 0 Å². The molecule has 0 radical (unpaired) electrons. The van der Waals surface area contributed by atoms with Crippen LogP contribution in [0.4, 0.5) is 5.69 Å². The maximum absolute atomic E-state index is 11.5. The van der Waals surface area contributed by atoms with Crippen molar-refractivity contribution in [1.29, 1.82) is 0 Å². The number of hydrogen-bond acceptors (Lipinski definition) is 5. The monoisotopic (exact) mass is 229 g/mol. The van der Waals surface area contributed by atoms with Crippen molar-refractivity contribution in [2.75, 3.05) is 12.4 Å². The summed E-state index contributed by atoms with van der Waals surface area (Å²) in [5, 5.41) is 10.6. The van der Waals surface area contributed by atoms with Crippen molar-refractivity contribution in [3.63, 3.8) is 0 Å². The van der Waals surface area contributed by atoms with E-state index in [-0.39, 0.29) is 28.7 Å². The molecule has 80 valence electrons. The molecular formula is C8H7NO5S. The van der Waals surface area contributed by atoms with Gasteiger partial charge in [-0.3, -0.25) is 10.1 Å². The Morgan fingerprint density at radius 1 is 1.40 bits per heavy atom. The number of nitro groups is 1. The molecule has 0 unspecified atom stereocenters. The molecule has 0 saturated heterocycles. The molecule has 1 heterocycles. The van der Waals surface area contributed by atoms with Gasteiger partial charge >= 0.3 is 5.69 Å². The van der Waals surface area contributed by atoms with Crippen LogP contribution < -0.4 is 4.74 Å². The molecule has 0 N–H and O–H groups in total. The highest BCUT2D eigenvalue weighted by atomic mass is 32.2. The van der Waals surface area contributed by atoms with Crippen LogP contribution in [0.2, 0.25) is 0 Å². The Morgan fingerprint density at radius 2 is 2.13 bits per heavy atom. The fourth-order valence-electron chi connectivity index (χ4n) is 1.40. The van der Waals surface area contributed by atoms with Crippen LogP contribution in [0.5, 0.6) is 5.75 Å². The van der Waals surface area contributed by atoms with E-state index in [4.69, 9.17) is 4.74 Å². The second kappa shape index (κ2) is 3.20. The maximum atomic E-state index is 11.5. The van der Waals surface area contributed by atoms with Crippen LogP contribution in [-0.4, -0.2) is 25.7 Å². The normalized spacial score (nSPS) is 17.6. The van der Waals surface area contributed by atoms with Crippen molar-refractivity contribution < 1.29 is 18.1 Å². The molecule has 0 fully saturated rings. The standard InChI is InChI=1S/C8H7NO5S/c10-9(11)6-2-1-3-7-8(6)14-4-5-15(7,12)13/h1-3H,4-5H2. The van der Waals surface area contributed by atoms with Gasteiger partial charge in [0.1, 0.15) is 11.5 Å². The summed E-state index contributed by atoms with van der Waals surface area (Å²) >= 11 is 0. The Hall–Kier alpha value is -1.63. The highest BCUT2D eigenvalue weighted by molar-refractivity contribution is 7.91. The van der Waals surface area contributed by atoms with Crippen molar-refractivity contribution in [1.82, 2.24) is 0 Å².